The van der Waals surface area contributed by atoms with E-state index in [2.05, 4.69) is 19.8 Å². The van der Waals surface area contributed by atoms with Crippen LogP contribution in [0.2, 0.25) is 0 Å². The van der Waals surface area contributed by atoms with Gasteiger partial charge in [0.25, 0.3) is 5.69 Å². The number of benzene rings is 1. The second-order valence-corrected chi connectivity index (χ2v) is 6.62. The first kappa shape index (κ1) is 19.0. The van der Waals surface area contributed by atoms with Gasteiger partial charge in [-0.05, 0) is 31.4 Å². The summed E-state index contributed by atoms with van der Waals surface area (Å²) in [4.78, 5) is 23.4. The molecule has 0 unspecified atom stereocenters. The van der Waals surface area contributed by atoms with Crippen LogP contribution in [-0.4, -0.2) is 59.6 Å². The Morgan fingerprint density at radius 3 is 2.56 bits per heavy atom. The number of nitro groups is 1. The van der Waals surface area contributed by atoms with Crippen LogP contribution < -0.4 is 9.64 Å². The number of nitrogens with zero attached hydrogens (tertiary/aromatic N) is 5. The van der Waals surface area contributed by atoms with Crippen molar-refractivity contribution in [3.8, 4) is 5.75 Å². The van der Waals surface area contributed by atoms with Crippen LogP contribution in [0.5, 0.6) is 5.75 Å². The summed E-state index contributed by atoms with van der Waals surface area (Å²) in [6.45, 7) is 4.93. The van der Waals surface area contributed by atoms with Crippen molar-refractivity contribution in [1.29, 1.82) is 0 Å². The summed E-state index contributed by atoms with van der Waals surface area (Å²) in [5, 5.41) is 10.7. The number of hydrogen-bond donors (Lipinski definition) is 0. The van der Waals surface area contributed by atoms with Gasteiger partial charge in [0.05, 0.1) is 18.2 Å². The van der Waals surface area contributed by atoms with Crippen LogP contribution in [-0.2, 0) is 6.42 Å². The van der Waals surface area contributed by atoms with Crippen molar-refractivity contribution in [2.45, 2.75) is 19.3 Å². The molecule has 0 N–H and O–H groups in total. The van der Waals surface area contributed by atoms with Gasteiger partial charge in [-0.3, -0.25) is 15.0 Å². The number of unbranched alkanes of at least 4 members (excludes halogenated alkanes) is 1. The number of aryl methyl sites for hydroxylation is 1. The van der Waals surface area contributed by atoms with Gasteiger partial charge in [0.15, 0.2) is 11.6 Å². The standard InChI is InChI=1S/C19H25N5O3/c1-27-18-14-20-15-21-19(18)23-12-10-22(11-13-23)9-3-2-4-16-5-7-17(8-6-16)24(25)26/h5-8,14-15H,2-4,9-13H2,1H3. The number of rotatable bonds is 8. The molecule has 2 heterocycles. The zero-order valence-corrected chi connectivity index (χ0v) is 15.6. The van der Waals surface area contributed by atoms with Gasteiger partial charge >= 0.3 is 0 Å². The Morgan fingerprint density at radius 2 is 1.89 bits per heavy atom. The lowest BCUT2D eigenvalue weighted by Crippen LogP contribution is -2.47. The molecule has 0 saturated carbocycles. The van der Waals surface area contributed by atoms with E-state index in [4.69, 9.17) is 4.74 Å². The molecule has 0 radical (unpaired) electrons. The molecule has 8 nitrogen and oxygen atoms in total. The van der Waals surface area contributed by atoms with Crippen molar-refractivity contribution in [3.05, 3.63) is 52.5 Å². The van der Waals surface area contributed by atoms with Crippen LogP contribution in [0, 0.1) is 10.1 Å². The lowest BCUT2D eigenvalue weighted by Gasteiger charge is -2.35. The number of aromatic nitrogens is 2. The Bertz CT molecular complexity index is 745. The maximum Gasteiger partial charge on any atom is 0.269 e. The molecule has 1 aromatic heterocycles. The highest BCUT2D eigenvalue weighted by Gasteiger charge is 2.20. The van der Waals surface area contributed by atoms with Gasteiger partial charge in [-0.15, -0.1) is 0 Å². The molecule has 0 bridgehead atoms. The minimum Gasteiger partial charge on any atom is -0.491 e. The number of piperazine rings is 1. The van der Waals surface area contributed by atoms with Crippen LogP contribution in [0.3, 0.4) is 0 Å². The van der Waals surface area contributed by atoms with Crippen LogP contribution in [0.4, 0.5) is 11.5 Å². The Morgan fingerprint density at radius 1 is 1.15 bits per heavy atom. The average molecular weight is 371 g/mol. The zero-order chi connectivity index (χ0) is 19.1. The van der Waals surface area contributed by atoms with Crippen molar-refractivity contribution in [2.75, 3.05) is 44.7 Å². The van der Waals surface area contributed by atoms with E-state index in [0.717, 1.165) is 63.4 Å². The van der Waals surface area contributed by atoms with E-state index in [0.29, 0.717) is 5.75 Å². The topological polar surface area (TPSA) is 84.6 Å². The highest BCUT2D eigenvalue weighted by molar-refractivity contribution is 5.51. The summed E-state index contributed by atoms with van der Waals surface area (Å²) in [7, 11) is 1.64. The fraction of sp³-hybridized carbons (Fsp3) is 0.474. The number of non-ortho nitro benzene ring substituents is 1. The summed E-state index contributed by atoms with van der Waals surface area (Å²) in [6.07, 6.45) is 6.41. The summed E-state index contributed by atoms with van der Waals surface area (Å²) < 4.78 is 5.35. The molecule has 144 valence electrons. The van der Waals surface area contributed by atoms with Gasteiger partial charge in [-0.2, -0.15) is 0 Å². The molecular weight excluding hydrogens is 346 g/mol. The number of anilines is 1. The third-order valence-corrected chi connectivity index (χ3v) is 4.89. The zero-order valence-electron chi connectivity index (χ0n) is 15.6. The summed E-state index contributed by atoms with van der Waals surface area (Å²) in [5.74, 6) is 1.58. The van der Waals surface area contributed by atoms with Crippen LogP contribution >= 0.6 is 0 Å². The van der Waals surface area contributed by atoms with E-state index in [1.807, 2.05) is 12.1 Å². The monoisotopic (exact) mass is 371 g/mol. The lowest BCUT2D eigenvalue weighted by atomic mass is 10.1. The average Bonchev–Trinajstić information content (AvgIpc) is 2.72. The van der Waals surface area contributed by atoms with E-state index >= 15 is 0 Å². The van der Waals surface area contributed by atoms with Crippen molar-refractivity contribution >= 4 is 11.5 Å². The molecule has 1 fully saturated rings. The second kappa shape index (κ2) is 9.27. The highest BCUT2D eigenvalue weighted by atomic mass is 16.6. The number of methoxy groups -OCH3 is 1. The van der Waals surface area contributed by atoms with Crippen molar-refractivity contribution in [1.82, 2.24) is 14.9 Å². The minimum absolute atomic E-state index is 0.150. The summed E-state index contributed by atoms with van der Waals surface area (Å²) in [6, 6.07) is 6.87. The largest absolute Gasteiger partial charge is 0.491 e. The molecule has 0 amide bonds. The highest BCUT2D eigenvalue weighted by Crippen LogP contribution is 2.24. The molecule has 1 saturated heterocycles. The third-order valence-electron chi connectivity index (χ3n) is 4.89. The molecule has 0 aliphatic carbocycles. The smallest absolute Gasteiger partial charge is 0.269 e. The fourth-order valence-corrected chi connectivity index (χ4v) is 3.32. The van der Waals surface area contributed by atoms with Crippen molar-refractivity contribution in [3.63, 3.8) is 0 Å². The van der Waals surface area contributed by atoms with E-state index in [9.17, 15) is 10.1 Å². The Labute approximate surface area is 158 Å². The first-order valence-electron chi connectivity index (χ1n) is 9.22. The van der Waals surface area contributed by atoms with Crippen LogP contribution in [0.25, 0.3) is 0 Å². The molecule has 0 atom stereocenters. The Hall–Kier alpha value is -2.74. The van der Waals surface area contributed by atoms with Gasteiger partial charge < -0.3 is 9.64 Å². The SMILES string of the molecule is COc1cncnc1N1CCN(CCCCc2ccc([N+](=O)[O-])cc2)CC1. The van der Waals surface area contributed by atoms with E-state index in [-0.39, 0.29) is 10.6 Å². The number of hydrogen-bond acceptors (Lipinski definition) is 7. The molecule has 1 aliphatic heterocycles. The lowest BCUT2D eigenvalue weighted by molar-refractivity contribution is -0.384. The van der Waals surface area contributed by atoms with Gasteiger partial charge in [0.1, 0.15) is 6.33 Å². The Balaban J connectivity index is 1.38. The molecule has 2 aromatic rings. The molecule has 1 aliphatic rings. The van der Waals surface area contributed by atoms with Crippen molar-refractivity contribution < 1.29 is 9.66 Å². The summed E-state index contributed by atoms with van der Waals surface area (Å²) >= 11 is 0. The molecule has 27 heavy (non-hydrogen) atoms. The van der Waals surface area contributed by atoms with E-state index in [1.165, 1.54) is 0 Å². The van der Waals surface area contributed by atoms with Crippen LogP contribution in [0.15, 0.2) is 36.8 Å². The maximum absolute atomic E-state index is 10.7. The minimum atomic E-state index is -0.361. The first-order chi connectivity index (χ1) is 13.2. The summed E-state index contributed by atoms with van der Waals surface area (Å²) in [5.41, 5.74) is 1.30. The molecule has 3 rings (SSSR count). The van der Waals surface area contributed by atoms with E-state index < -0.39 is 0 Å². The van der Waals surface area contributed by atoms with Gasteiger partial charge in [-0.1, -0.05) is 12.1 Å². The fourth-order valence-electron chi connectivity index (χ4n) is 3.32. The third kappa shape index (κ3) is 5.13. The van der Waals surface area contributed by atoms with E-state index in [1.54, 1.807) is 31.8 Å². The maximum atomic E-state index is 10.7. The predicted molar refractivity (Wildman–Crippen MR) is 103 cm³/mol. The molecular formula is C19H25N5O3. The first-order valence-corrected chi connectivity index (χ1v) is 9.22. The second-order valence-electron chi connectivity index (χ2n) is 6.62. The van der Waals surface area contributed by atoms with Gasteiger partial charge in [-0.25, -0.2) is 9.97 Å². The van der Waals surface area contributed by atoms with Crippen LogP contribution in [0.1, 0.15) is 18.4 Å². The van der Waals surface area contributed by atoms with Crippen molar-refractivity contribution in [2.24, 2.45) is 0 Å². The normalized spacial score (nSPS) is 14.9. The Kier molecular flexibility index (Phi) is 6.54. The molecule has 0 spiro atoms. The number of ether oxygens (including phenoxy) is 1. The van der Waals surface area contributed by atoms with Gasteiger partial charge in [0.2, 0.25) is 0 Å². The molecule has 1 aromatic carbocycles. The number of nitro benzene ring substituents is 1. The predicted octanol–water partition coefficient (Wildman–Crippen LogP) is 2.54. The quantitative estimate of drug-likeness (QED) is 0.400. The van der Waals surface area contributed by atoms with Gasteiger partial charge in [0, 0.05) is 38.3 Å². The molecule has 8 heteroatoms.